The summed E-state index contributed by atoms with van der Waals surface area (Å²) < 4.78 is 28.1. The van der Waals surface area contributed by atoms with Crippen molar-refractivity contribution in [2.75, 3.05) is 39.6 Å². The van der Waals surface area contributed by atoms with E-state index < -0.39 is 5.97 Å². The Morgan fingerprint density at radius 2 is 1.18 bits per heavy atom. The average molecular weight is 603 g/mol. The first-order valence-corrected chi connectivity index (χ1v) is 15.9. The maximum absolute atomic E-state index is 12.6. The van der Waals surface area contributed by atoms with E-state index in [4.69, 9.17) is 23.7 Å². The molecule has 0 atom stereocenters. The van der Waals surface area contributed by atoms with E-state index in [0.717, 1.165) is 63.7 Å². The molecule has 0 radical (unpaired) electrons. The van der Waals surface area contributed by atoms with Gasteiger partial charge in [0.2, 0.25) is 0 Å². The highest BCUT2D eigenvalue weighted by Crippen LogP contribution is 2.27. The number of azo groups is 1. The van der Waals surface area contributed by atoms with Crippen molar-refractivity contribution in [3.63, 3.8) is 0 Å². The Kier molecular flexibility index (Phi) is 13.7. The van der Waals surface area contributed by atoms with Gasteiger partial charge in [0.15, 0.2) is 0 Å². The molecule has 8 heteroatoms. The molecule has 0 unspecified atom stereocenters. The summed E-state index contributed by atoms with van der Waals surface area (Å²) in [5, 5.41) is 8.58. The first-order chi connectivity index (χ1) is 21.5. The summed E-state index contributed by atoms with van der Waals surface area (Å²) in [5.41, 5.74) is 2.02. The lowest BCUT2D eigenvalue weighted by molar-refractivity contribution is -0.138. The molecule has 1 aliphatic heterocycles. The Morgan fingerprint density at radius 1 is 0.682 bits per heavy atom. The van der Waals surface area contributed by atoms with E-state index in [-0.39, 0.29) is 5.41 Å². The molecule has 0 N–H and O–H groups in total. The van der Waals surface area contributed by atoms with Crippen LogP contribution in [-0.2, 0) is 9.47 Å². The zero-order chi connectivity index (χ0) is 30.9. The SMILES string of the molecule is CCCCCCCCOc1ccc(N=Nc2ccc(OC(=O)c3ccc(OCCCCOCC4(C)COC4)cc3)cc2)cc1. The highest BCUT2D eigenvalue weighted by atomic mass is 16.5. The number of benzene rings is 3. The topological polar surface area (TPSA) is 87.9 Å². The summed E-state index contributed by atoms with van der Waals surface area (Å²) in [6.45, 7) is 8.76. The second-order valence-electron chi connectivity index (χ2n) is 11.6. The monoisotopic (exact) mass is 602 g/mol. The van der Waals surface area contributed by atoms with Crippen molar-refractivity contribution < 1.29 is 28.5 Å². The summed E-state index contributed by atoms with van der Waals surface area (Å²) in [5.74, 6) is 1.55. The molecule has 0 amide bonds. The van der Waals surface area contributed by atoms with Gasteiger partial charge in [-0.25, -0.2) is 4.79 Å². The molecule has 0 aliphatic carbocycles. The lowest BCUT2D eigenvalue weighted by atomic mass is 9.90. The number of ether oxygens (including phenoxy) is 5. The number of nitrogens with zero attached hydrogens (tertiary/aromatic N) is 2. The molecule has 44 heavy (non-hydrogen) atoms. The molecule has 0 saturated carbocycles. The summed E-state index contributed by atoms with van der Waals surface area (Å²) >= 11 is 0. The zero-order valence-corrected chi connectivity index (χ0v) is 26.2. The fourth-order valence-electron chi connectivity index (χ4n) is 4.58. The number of esters is 1. The maximum Gasteiger partial charge on any atom is 0.343 e. The third-order valence-corrected chi connectivity index (χ3v) is 7.32. The van der Waals surface area contributed by atoms with Crippen LogP contribution >= 0.6 is 0 Å². The van der Waals surface area contributed by atoms with Gasteiger partial charge in [0.1, 0.15) is 17.2 Å². The molecule has 4 rings (SSSR count). The number of carbonyl (C=O) groups excluding carboxylic acids is 1. The van der Waals surface area contributed by atoms with Gasteiger partial charge < -0.3 is 23.7 Å². The van der Waals surface area contributed by atoms with E-state index in [1.807, 2.05) is 24.3 Å². The van der Waals surface area contributed by atoms with Gasteiger partial charge in [0.25, 0.3) is 0 Å². The summed E-state index contributed by atoms with van der Waals surface area (Å²) in [6.07, 6.45) is 9.28. The molecule has 3 aromatic carbocycles. The van der Waals surface area contributed by atoms with E-state index in [0.29, 0.717) is 29.4 Å². The lowest BCUT2D eigenvalue weighted by Crippen LogP contribution is -2.43. The fraction of sp³-hybridized carbons (Fsp3) is 0.472. The second kappa shape index (κ2) is 18.1. The van der Waals surface area contributed by atoms with Crippen LogP contribution in [0.1, 0.15) is 75.6 Å². The smallest absolute Gasteiger partial charge is 0.343 e. The van der Waals surface area contributed by atoms with Crippen molar-refractivity contribution in [2.45, 2.75) is 65.2 Å². The normalized spacial score (nSPS) is 13.9. The van der Waals surface area contributed by atoms with Gasteiger partial charge in [0, 0.05) is 12.0 Å². The van der Waals surface area contributed by atoms with Crippen LogP contribution in [0.3, 0.4) is 0 Å². The van der Waals surface area contributed by atoms with E-state index in [2.05, 4.69) is 24.1 Å². The average Bonchev–Trinajstić information content (AvgIpc) is 3.03. The number of carbonyl (C=O) groups is 1. The Morgan fingerprint density at radius 3 is 1.75 bits per heavy atom. The second-order valence-corrected chi connectivity index (χ2v) is 11.6. The molecule has 8 nitrogen and oxygen atoms in total. The molecule has 1 aliphatic rings. The van der Waals surface area contributed by atoms with Crippen molar-refractivity contribution in [3.8, 4) is 17.2 Å². The molecule has 236 valence electrons. The van der Waals surface area contributed by atoms with Crippen molar-refractivity contribution in [1.29, 1.82) is 0 Å². The fourth-order valence-corrected chi connectivity index (χ4v) is 4.58. The van der Waals surface area contributed by atoms with Crippen LogP contribution in [0.15, 0.2) is 83.0 Å². The van der Waals surface area contributed by atoms with Gasteiger partial charge >= 0.3 is 5.97 Å². The van der Waals surface area contributed by atoms with Gasteiger partial charge in [-0.15, -0.1) is 0 Å². The number of hydrogen-bond donors (Lipinski definition) is 0. The molecule has 1 saturated heterocycles. The quantitative estimate of drug-likeness (QED) is 0.0554. The zero-order valence-electron chi connectivity index (χ0n) is 26.2. The molecule has 0 bridgehead atoms. The number of unbranched alkanes of at least 4 members (excludes halogenated alkanes) is 6. The summed E-state index contributed by atoms with van der Waals surface area (Å²) in [6, 6.07) is 21.5. The van der Waals surface area contributed by atoms with E-state index in [1.54, 1.807) is 48.5 Å². The molecule has 0 spiro atoms. The van der Waals surface area contributed by atoms with Crippen molar-refractivity contribution >= 4 is 17.3 Å². The Bertz CT molecular complexity index is 1270. The molecule has 3 aromatic rings. The highest BCUT2D eigenvalue weighted by Gasteiger charge is 2.33. The Balaban J connectivity index is 1.11. The third kappa shape index (κ3) is 11.7. The largest absolute Gasteiger partial charge is 0.494 e. The first kappa shape index (κ1) is 33.1. The van der Waals surface area contributed by atoms with Gasteiger partial charge in [-0.1, -0.05) is 46.0 Å². The predicted octanol–water partition coefficient (Wildman–Crippen LogP) is 9.27. The van der Waals surface area contributed by atoms with Crippen molar-refractivity contribution in [3.05, 3.63) is 78.4 Å². The standard InChI is InChI=1S/C36H46N2O6/c1-3-4-5-6-7-8-24-42-33-19-13-30(14-20-33)37-38-31-15-21-34(22-16-31)44-35(39)29-11-17-32(18-12-29)43-25-10-9-23-40-26-36(2)27-41-28-36/h11-22H,3-10,23-28H2,1-2H3. The van der Waals surface area contributed by atoms with Gasteiger partial charge in [-0.05, 0) is 92.1 Å². The minimum Gasteiger partial charge on any atom is -0.494 e. The minimum absolute atomic E-state index is 0.186. The number of rotatable bonds is 20. The van der Waals surface area contributed by atoms with Crippen molar-refractivity contribution in [2.24, 2.45) is 15.6 Å². The summed E-state index contributed by atoms with van der Waals surface area (Å²) in [4.78, 5) is 12.6. The van der Waals surface area contributed by atoms with Crippen LogP contribution in [0.25, 0.3) is 0 Å². The van der Waals surface area contributed by atoms with E-state index >= 15 is 0 Å². The van der Waals surface area contributed by atoms with Crippen LogP contribution in [0.4, 0.5) is 11.4 Å². The minimum atomic E-state index is -0.438. The molecule has 0 aromatic heterocycles. The van der Waals surface area contributed by atoms with E-state index in [1.165, 1.54) is 32.1 Å². The highest BCUT2D eigenvalue weighted by molar-refractivity contribution is 5.91. The lowest BCUT2D eigenvalue weighted by Gasteiger charge is -2.37. The van der Waals surface area contributed by atoms with Crippen LogP contribution in [0.2, 0.25) is 0 Å². The van der Waals surface area contributed by atoms with Crippen LogP contribution < -0.4 is 14.2 Å². The molecular weight excluding hydrogens is 556 g/mol. The molecule has 1 fully saturated rings. The van der Waals surface area contributed by atoms with Gasteiger partial charge in [-0.2, -0.15) is 10.2 Å². The van der Waals surface area contributed by atoms with Crippen LogP contribution in [0.5, 0.6) is 17.2 Å². The number of hydrogen-bond acceptors (Lipinski definition) is 8. The Labute approximate surface area is 261 Å². The van der Waals surface area contributed by atoms with Crippen LogP contribution in [-0.4, -0.2) is 45.6 Å². The third-order valence-electron chi connectivity index (χ3n) is 7.32. The van der Waals surface area contributed by atoms with Gasteiger partial charge in [0.05, 0.1) is 50.0 Å². The Hall–Kier alpha value is -3.75. The first-order valence-electron chi connectivity index (χ1n) is 15.9. The molecule has 1 heterocycles. The van der Waals surface area contributed by atoms with Crippen LogP contribution in [0, 0.1) is 5.41 Å². The summed E-state index contributed by atoms with van der Waals surface area (Å²) in [7, 11) is 0. The molecular formula is C36H46N2O6. The van der Waals surface area contributed by atoms with E-state index in [9.17, 15) is 4.79 Å². The maximum atomic E-state index is 12.6. The van der Waals surface area contributed by atoms with Gasteiger partial charge in [-0.3, -0.25) is 0 Å². The predicted molar refractivity (Wildman–Crippen MR) is 172 cm³/mol. The van der Waals surface area contributed by atoms with Crippen molar-refractivity contribution in [1.82, 2.24) is 0 Å².